The van der Waals surface area contributed by atoms with Gasteiger partial charge in [0.15, 0.2) is 0 Å². The quantitative estimate of drug-likeness (QED) is 0.599. The first-order valence-corrected chi connectivity index (χ1v) is 11.3. The van der Waals surface area contributed by atoms with Gasteiger partial charge in [-0.3, -0.25) is 14.6 Å². The molecule has 0 radical (unpaired) electrons. The summed E-state index contributed by atoms with van der Waals surface area (Å²) in [5.41, 5.74) is 4.07. The molecule has 0 atom stereocenters. The third-order valence-corrected chi connectivity index (χ3v) is 6.47. The van der Waals surface area contributed by atoms with Crippen molar-refractivity contribution in [3.63, 3.8) is 0 Å². The molecule has 33 heavy (non-hydrogen) atoms. The second-order valence-corrected chi connectivity index (χ2v) is 9.05. The Balaban J connectivity index is 1.50. The summed E-state index contributed by atoms with van der Waals surface area (Å²) in [5, 5.41) is 0. The van der Waals surface area contributed by atoms with E-state index in [1.807, 2.05) is 39.2 Å². The Morgan fingerprint density at radius 3 is 2.12 bits per heavy atom. The van der Waals surface area contributed by atoms with Gasteiger partial charge in [-0.05, 0) is 42.9 Å². The number of carbonyl (C=O) groups excluding carboxylic acids is 2. The molecular formula is C27H30N4O2. The van der Waals surface area contributed by atoms with Crippen LogP contribution in [0.1, 0.15) is 34.6 Å². The van der Waals surface area contributed by atoms with E-state index in [0.717, 1.165) is 16.8 Å². The molecule has 0 bridgehead atoms. The van der Waals surface area contributed by atoms with Crippen molar-refractivity contribution in [2.45, 2.75) is 26.2 Å². The maximum absolute atomic E-state index is 13.3. The Bertz CT molecular complexity index is 1100. The van der Waals surface area contributed by atoms with Crippen LogP contribution in [-0.2, 0) is 11.2 Å². The van der Waals surface area contributed by atoms with Crippen LogP contribution in [0.15, 0.2) is 67.0 Å². The molecule has 3 aromatic rings. The van der Waals surface area contributed by atoms with Gasteiger partial charge in [-0.1, -0.05) is 54.6 Å². The molecule has 0 unspecified atom stereocenters. The lowest BCUT2D eigenvalue weighted by molar-refractivity contribution is -0.142. The molecule has 0 spiro atoms. The highest BCUT2D eigenvalue weighted by Crippen LogP contribution is 2.37. The number of likely N-dealkylation sites (tertiary alicyclic amines) is 1. The minimum atomic E-state index is -0.520. The summed E-state index contributed by atoms with van der Waals surface area (Å²) < 4.78 is 0. The Labute approximate surface area is 195 Å². The van der Waals surface area contributed by atoms with Crippen molar-refractivity contribution in [1.82, 2.24) is 19.8 Å². The summed E-state index contributed by atoms with van der Waals surface area (Å²) in [6.45, 7) is 2.89. The van der Waals surface area contributed by atoms with Crippen LogP contribution in [0.25, 0.3) is 11.1 Å². The molecule has 4 rings (SSSR count). The van der Waals surface area contributed by atoms with Crippen LogP contribution in [0.2, 0.25) is 0 Å². The summed E-state index contributed by atoms with van der Waals surface area (Å²) in [6, 6.07) is 18.7. The third kappa shape index (κ3) is 4.95. The monoisotopic (exact) mass is 442 g/mol. The molecule has 2 amide bonds. The number of rotatable bonds is 5. The fourth-order valence-corrected chi connectivity index (χ4v) is 4.58. The first-order valence-electron chi connectivity index (χ1n) is 11.3. The highest BCUT2D eigenvalue weighted by molar-refractivity contribution is 5.92. The van der Waals surface area contributed by atoms with Gasteiger partial charge in [0.2, 0.25) is 5.91 Å². The van der Waals surface area contributed by atoms with Crippen molar-refractivity contribution in [3.05, 3.63) is 83.9 Å². The average molecular weight is 443 g/mol. The molecule has 0 aliphatic carbocycles. The fraction of sp³-hybridized carbons (Fsp3) is 0.333. The molecule has 0 N–H and O–H groups in total. The van der Waals surface area contributed by atoms with Crippen molar-refractivity contribution >= 4 is 11.8 Å². The molecular weight excluding hydrogens is 412 g/mol. The Kier molecular flexibility index (Phi) is 6.54. The summed E-state index contributed by atoms with van der Waals surface area (Å²) in [5.74, 6) is -0.00233. The smallest absolute Gasteiger partial charge is 0.274 e. The van der Waals surface area contributed by atoms with Crippen LogP contribution >= 0.6 is 0 Å². The topological polar surface area (TPSA) is 66.4 Å². The number of hydrogen-bond acceptors (Lipinski definition) is 4. The van der Waals surface area contributed by atoms with Crippen molar-refractivity contribution in [3.8, 4) is 11.1 Å². The highest BCUT2D eigenvalue weighted by atomic mass is 16.2. The van der Waals surface area contributed by atoms with Crippen LogP contribution < -0.4 is 0 Å². The van der Waals surface area contributed by atoms with Crippen LogP contribution in [0.4, 0.5) is 0 Å². The predicted molar refractivity (Wildman–Crippen MR) is 129 cm³/mol. The number of nitrogens with zero attached hydrogens (tertiary/aromatic N) is 4. The predicted octanol–water partition coefficient (Wildman–Crippen LogP) is 4.01. The second-order valence-electron chi connectivity index (χ2n) is 9.05. The van der Waals surface area contributed by atoms with E-state index in [2.05, 4.69) is 46.4 Å². The van der Waals surface area contributed by atoms with E-state index in [9.17, 15) is 9.59 Å². The number of aromatic nitrogens is 2. The molecule has 6 heteroatoms. The highest BCUT2D eigenvalue weighted by Gasteiger charge is 2.43. The van der Waals surface area contributed by atoms with E-state index < -0.39 is 5.41 Å². The van der Waals surface area contributed by atoms with Crippen molar-refractivity contribution in [1.29, 1.82) is 0 Å². The molecule has 1 saturated heterocycles. The lowest BCUT2D eigenvalue weighted by Gasteiger charge is -2.42. The maximum Gasteiger partial charge on any atom is 0.274 e. The van der Waals surface area contributed by atoms with Crippen molar-refractivity contribution in [2.24, 2.45) is 5.41 Å². The van der Waals surface area contributed by atoms with Crippen LogP contribution in [0, 0.1) is 12.3 Å². The van der Waals surface area contributed by atoms with Gasteiger partial charge in [-0.25, -0.2) is 4.98 Å². The van der Waals surface area contributed by atoms with Gasteiger partial charge >= 0.3 is 0 Å². The standard InChI is InChI=1S/C27H30N4O2/c1-20-18-29-24(19-28-20)25(32)31-15-13-27(14-16-31,26(33)30(2)3)17-21-9-11-23(12-10-21)22-7-5-4-6-8-22/h4-12,18-19H,13-17H2,1-3H3. The van der Waals surface area contributed by atoms with Gasteiger partial charge < -0.3 is 9.80 Å². The maximum atomic E-state index is 13.3. The summed E-state index contributed by atoms with van der Waals surface area (Å²) in [6.07, 6.45) is 5.03. The number of benzene rings is 2. The number of carbonyl (C=O) groups is 2. The SMILES string of the molecule is Cc1cnc(C(=O)N2CCC(Cc3ccc(-c4ccccc4)cc3)(C(=O)N(C)C)CC2)cn1. The van der Waals surface area contributed by atoms with Gasteiger partial charge in [-0.2, -0.15) is 0 Å². The molecule has 1 fully saturated rings. The van der Waals surface area contributed by atoms with Gasteiger partial charge in [-0.15, -0.1) is 0 Å². The first-order chi connectivity index (χ1) is 15.9. The Morgan fingerprint density at radius 2 is 1.55 bits per heavy atom. The van der Waals surface area contributed by atoms with E-state index in [1.54, 1.807) is 16.0 Å². The van der Waals surface area contributed by atoms with Crippen LogP contribution in [-0.4, -0.2) is 58.8 Å². The number of hydrogen-bond donors (Lipinski definition) is 0. The largest absolute Gasteiger partial charge is 0.348 e. The zero-order valence-corrected chi connectivity index (χ0v) is 19.5. The van der Waals surface area contributed by atoms with Gasteiger partial charge in [0.25, 0.3) is 5.91 Å². The van der Waals surface area contributed by atoms with Gasteiger partial charge in [0.1, 0.15) is 5.69 Å². The summed E-state index contributed by atoms with van der Waals surface area (Å²) in [4.78, 5) is 38.1. The molecule has 6 nitrogen and oxygen atoms in total. The van der Waals surface area contributed by atoms with E-state index in [-0.39, 0.29) is 11.8 Å². The molecule has 2 aromatic carbocycles. The Morgan fingerprint density at radius 1 is 0.909 bits per heavy atom. The van der Waals surface area contributed by atoms with E-state index in [4.69, 9.17) is 0 Å². The number of amides is 2. The van der Waals surface area contributed by atoms with Gasteiger partial charge in [0.05, 0.1) is 17.3 Å². The fourth-order valence-electron chi connectivity index (χ4n) is 4.58. The normalized spacial score (nSPS) is 15.2. The lowest BCUT2D eigenvalue weighted by atomic mass is 9.72. The summed E-state index contributed by atoms with van der Waals surface area (Å²) in [7, 11) is 3.62. The van der Waals surface area contributed by atoms with E-state index in [1.165, 1.54) is 11.8 Å². The van der Waals surface area contributed by atoms with Gasteiger partial charge in [0, 0.05) is 33.4 Å². The van der Waals surface area contributed by atoms with Crippen LogP contribution in [0.5, 0.6) is 0 Å². The molecule has 2 heterocycles. The molecule has 170 valence electrons. The third-order valence-electron chi connectivity index (χ3n) is 6.47. The van der Waals surface area contributed by atoms with E-state index >= 15 is 0 Å². The van der Waals surface area contributed by atoms with E-state index in [0.29, 0.717) is 38.0 Å². The number of piperidine rings is 1. The lowest BCUT2D eigenvalue weighted by Crippen LogP contribution is -2.51. The average Bonchev–Trinajstić information content (AvgIpc) is 2.85. The minimum Gasteiger partial charge on any atom is -0.348 e. The first kappa shape index (κ1) is 22.6. The van der Waals surface area contributed by atoms with Crippen molar-refractivity contribution in [2.75, 3.05) is 27.2 Å². The second kappa shape index (κ2) is 9.53. The molecule has 1 aliphatic heterocycles. The Hall–Kier alpha value is -3.54. The molecule has 1 aromatic heterocycles. The molecule has 0 saturated carbocycles. The molecule has 1 aliphatic rings. The summed E-state index contributed by atoms with van der Waals surface area (Å²) >= 11 is 0. The van der Waals surface area contributed by atoms with Crippen molar-refractivity contribution < 1.29 is 9.59 Å². The zero-order valence-electron chi connectivity index (χ0n) is 19.5. The number of aryl methyl sites for hydroxylation is 1. The minimum absolute atomic E-state index is 0.122. The zero-order chi connectivity index (χ0) is 23.4. The van der Waals surface area contributed by atoms with Crippen LogP contribution in [0.3, 0.4) is 0 Å².